The van der Waals surface area contributed by atoms with Crippen molar-refractivity contribution in [2.24, 2.45) is 0 Å². The molecule has 0 radical (unpaired) electrons. The predicted octanol–water partition coefficient (Wildman–Crippen LogP) is 31.8. The normalized spacial score (nSPS) is 14.1. The summed E-state index contributed by atoms with van der Waals surface area (Å²) in [5, 5.41) is 0. The van der Waals surface area contributed by atoms with E-state index in [1.54, 1.807) is 16.7 Å². The topological polar surface area (TPSA) is 70.0 Å². The highest BCUT2D eigenvalue weighted by Crippen LogP contribution is 2.64. The van der Waals surface area contributed by atoms with Crippen LogP contribution in [0.4, 0.5) is 0 Å². The SMILES string of the molecule is CCCCCCCCCCCCCCCCC1(CCCCCCCCCCCCCCCC)c2cc3c(cc2-c2c1cc(C)c1nsnc21)C(CCCCCCCCCCCCCCCC)(CCCCCCCCCCCCCCCC)c1cc(-c2sc(C)c4c2OCCO4)c2nsnc2c1-3. The molecule has 564 valence electrons. The van der Waals surface area contributed by atoms with E-state index in [0.29, 0.717) is 13.2 Å². The van der Waals surface area contributed by atoms with Crippen LogP contribution in [0.2, 0.25) is 0 Å². The molecule has 6 nitrogen and oxygen atoms in total. The van der Waals surface area contributed by atoms with Crippen molar-refractivity contribution in [3.05, 3.63) is 57.0 Å². The minimum Gasteiger partial charge on any atom is -0.485 e. The van der Waals surface area contributed by atoms with Crippen LogP contribution in [0.25, 0.3) is 54.8 Å². The first-order chi connectivity index (χ1) is 49.9. The Morgan fingerprint density at radius 1 is 0.287 bits per heavy atom. The van der Waals surface area contributed by atoms with Gasteiger partial charge in [0.2, 0.25) is 0 Å². The van der Waals surface area contributed by atoms with Gasteiger partial charge in [0, 0.05) is 32.4 Å². The van der Waals surface area contributed by atoms with Crippen LogP contribution >= 0.6 is 34.8 Å². The molecule has 4 heterocycles. The zero-order valence-electron chi connectivity index (χ0n) is 66.0. The third kappa shape index (κ3) is 23.5. The summed E-state index contributed by atoms with van der Waals surface area (Å²) in [6.07, 6.45) is 82.0. The smallest absolute Gasteiger partial charge is 0.180 e. The minimum atomic E-state index is -0.178. The maximum atomic E-state index is 6.66. The van der Waals surface area contributed by atoms with Crippen LogP contribution in [-0.2, 0) is 10.8 Å². The average Bonchev–Trinajstić information content (AvgIpc) is 1.52. The van der Waals surface area contributed by atoms with Gasteiger partial charge in [-0.15, -0.1) is 11.3 Å². The van der Waals surface area contributed by atoms with E-state index >= 15 is 0 Å². The molecule has 0 N–H and O–H groups in total. The standard InChI is InChI=1S/C92H146N4O2S3/c1-7-11-15-19-23-27-31-35-39-43-47-51-55-59-63-91(64-60-56-52-48-44-40-36-32-28-24-20-16-12-8-2)78-71-76-79(70-75(78)82-80(91)69-73(5)84-86(82)95-100-93-84)92(65-61-57-53-49-45-41-37-33-29-25-21-17-13-9-3,66-62-58-54-50-46-42-38-34-30-26-22-18-14-10-4)81-72-77(85-87(83(76)81)96-101-94-85)90-89-88(74(6)99-90)97-67-68-98-89/h69-72H,7-68H2,1-6H3. The summed E-state index contributed by atoms with van der Waals surface area (Å²) in [5.74, 6) is 1.84. The Morgan fingerprint density at radius 3 is 0.871 bits per heavy atom. The molecule has 9 rings (SSSR count). The van der Waals surface area contributed by atoms with Gasteiger partial charge >= 0.3 is 0 Å². The lowest BCUT2D eigenvalue weighted by Gasteiger charge is -2.35. The Bertz CT molecular complexity index is 3180. The molecule has 0 saturated heterocycles. The molecule has 9 heteroatoms. The average molecular weight is 1440 g/mol. The lowest BCUT2D eigenvalue weighted by Crippen LogP contribution is -2.27. The van der Waals surface area contributed by atoms with Gasteiger partial charge in [0.1, 0.15) is 35.3 Å². The first kappa shape index (κ1) is 81.7. The summed E-state index contributed by atoms with van der Waals surface area (Å²) in [7, 11) is 0. The van der Waals surface area contributed by atoms with Crippen LogP contribution in [0.1, 0.15) is 446 Å². The molecule has 101 heavy (non-hydrogen) atoms. The fourth-order valence-corrected chi connectivity index (χ4v) is 20.9. The largest absolute Gasteiger partial charge is 0.485 e. The van der Waals surface area contributed by atoms with Gasteiger partial charge < -0.3 is 9.47 Å². The number of hydrogen-bond acceptors (Lipinski definition) is 9. The van der Waals surface area contributed by atoms with Gasteiger partial charge in [0.15, 0.2) is 11.5 Å². The Kier molecular flexibility index (Phi) is 37.7. The highest BCUT2D eigenvalue weighted by Gasteiger charge is 2.50. The monoisotopic (exact) mass is 1440 g/mol. The molecule has 2 aliphatic carbocycles. The van der Waals surface area contributed by atoms with Gasteiger partial charge in [-0.3, -0.25) is 0 Å². The van der Waals surface area contributed by atoms with Crippen LogP contribution in [0.3, 0.4) is 0 Å². The van der Waals surface area contributed by atoms with Crippen molar-refractivity contribution in [3.63, 3.8) is 0 Å². The Labute approximate surface area is 631 Å². The van der Waals surface area contributed by atoms with E-state index in [-0.39, 0.29) is 10.8 Å². The van der Waals surface area contributed by atoms with Gasteiger partial charge in [-0.05, 0) is 96.7 Å². The highest BCUT2D eigenvalue weighted by atomic mass is 32.1. The number of benzene rings is 3. The van der Waals surface area contributed by atoms with E-state index in [1.807, 2.05) is 11.3 Å². The van der Waals surface area contributed by atoms with Crippen molar-refractivity contribution in [2.45, 2.75) is 438 Å². The summed E-state index contributed by atoms with van der Waals surface area (Å²) in [6.45, 7) is 15.1. The summed E-state index contributed by atoms with van der Waals surface area (Å²) < 4.78 is 34.4. The quantitative estimate of drug-likeness (QED) is 0.0355. The lowest BCUT2D eigenvalue weighted by atomic mass is 9.68. The Balaban J connectivity index is 1.04. The molecule has 3 aliphatic rings. The highest BCUT2D eigenvalue weighted by molar-refractivity contribution is 7.16. The van der Waals surface area contributed by atoms with Crippen LogP contribution < -0.4 is 9.47 Å². The molecule has 6 aromatic rings. The maximum absolute atomic E-state index is 6.66. The number of aromatic nitrogens is 4. The van der Waals surface area contributed by atoms with E-state index in [9.17, 15) is 0 Å². The van der Waals surface area contributed by atoms with E-state index in [4.69, 9.17) is 27.0 Å². The summed E-state index contributed by atoms with van der Waals surface area (Å²) in [6, 6.07) is 11.0. The van der Waals surface area contributed by atoms with Crippen LogP contribution in [0.5, 0.6) is 11.5 Å². The minimum absolute atomic E-state index is 0.102. The van der Waals surface area contributed by atoms with Crippen molar-refractivity contribution >= 4 is 56.9 Å². The van der Waals surface area contributed by atoms with Crippen molar-refractivity contribution in [1.29, 1.82) is 0 Å². The van der Waals surface area contributed by atoms with Gasteiger partial charge in [0.25, 0.3) is 0 Å². The third-order valence-corrected chi connectivity index (χ3v) is 26.8. The molecule has 0 fully saturated rings. The second-order valence-corrected chi connectivity index (χ2v) is 35.0. The van der Waals surface area contributed by atoms with Gasteiger partial charge in [-0.25, -0.2) is 0 Å². The maximum Gasteiger partial charge on any atom is 0.180 e. The molecule has 3 aromatic carbocycles. The molecule has 0 bridgehead atoms. The van der Waals surface area contributed by atoms with Gasteiger partial charge in [0.05, 0.1) is 28.3 Å². The molecular formula is C92H146N4O2S3. The second kappa shape index (κ2) is 46.6. The van der Waals surface area contributed by atoms with E-state index in [1.165, 1.54) is 445 Å². The van der Waals surface area contributed by atoms with Gasteiger partial charge in [-0.2, -0.15) is 17.5 Å². The van der Waals surface area contributed by atoms with E-state index in [2.05, 4.69) is 65.8 Å². The molecule has 3 aromatic heterocycles. The van der Waals surface area contributed by atoms with Crippen LogP contribution in [0, 0.1) is 13.8 Å². The number of nitrogens with zero attached hydrogens (tertiary/aromatic N) is 4. The molecule has 1 aliphatic heterocycles. The Morgan fingerprint density at radius 2 is 0.545 bits per heavy atom. The first-order valence-electron chi connectivity index (χ1n) is 44.1. The number of fused-ring (bicyclic) bond motifs is 11. The predicted molar refractivity (Wildman–Crippen MR) is 444 cm³/mol. The zero-order chi connectivity index (χ0) is 70.4. The van der Waals surface area contributed by atoms with Crippen molar-refractivity contribution in [2.75, 3.05) is 13.2 Å². The van der Waals surface area contributed by atoms with Crippen molar-refractivity contribution < 1.29 is 9.47 Å². The molecule has 0 spiro atoms. The molecular weight excluding hydrogens is 1290 g/mol. The van der Waals surface area contributed by atoms with E-state index in [0.717, 1.165) is 46.4 Å². The summed E-state index contributed by atoms with van der Waals surface area (Å²) in [4.78, 5) is 2.36. The molecule has 0 atom stereocenters. The number of rotatable bonds is 61. The fourth-order valence-electron chi connectivity index (χ4n) is 18.7. The molecule has 0 amide bonds. The number of thiophene rings is 1. The number of unbranched alkanes of at least 4 members (excludes halogenated alkanes) is 52. The summed E-state index contributed by atoms with van der Waals surface area (Å²) >= 11 is 4.69. The second-order valence-electron chi connectivity index (χ2n) is 32.7. The first-order valence-corrected chi connectivity index (χ1v) is 46.3. The number of ether oxygens (including phenoxy) is 2. The zero-order valence-corrected chi connectivity index (χ0v) is 68.4. The van der Waals surface area contributed by atoms with Gasteiger partial charge in [-0.1, -0.05) is 393 Å². The van der Waals surface area contributed by atoms with Crippen LogP contribution in [-0.4, -0.2) is 30.7 Å². The molecule has 0 saturated carbocycles. The van der Waals surface area contributed by atoms with Crippen molar-refractivity contribution in [1.82, 2.24) is 17.5 Å². The van der Waals surface area contributed by atoms with Crippen LogP contribution in [0.15, 0.2) is 24.3 Å². The van der Waals surface area contributed by atoms with Crippen molar-refractivity contribution in [3.8, 4) is 44.2 Å². The number of hydrogen-bond donors (Lipinski definition) is 0. The Hall–Kier alpha value is -3.40. The summed E-state index contributed by atoms with van der Waals surface area (Å²) in [5.41, 5.74) is 18.6. The number of aryl methyl sites for hydroxylation is 2. The lowest BCUT2D eigenvalue weighted by molar-refractivity contribution is 0.173. The third-order valence-electron chi connectivity index (χ3n) is 24.7. The molecule has 0 unspecified atom stereocenters. The fraction of sp³-hybridized carbons (Fsp3) is 0.761. The van der Waals surface area contributed by atoms with E-state index < -0.39 is 0 Å².